The molecule has 0 fully saturated rings. The number of aliphatic imine (C=N–C) groups is 1. The lowest BCUT2D eigenvalue weighted by Crippen LogP contribution is -2.22. The smallest absolute Gasteiger partial charge is 0.204 e. The molecule has 0 unspecified atom stereocenters. The number of rotatable bonds is 5. The van der Waals surface area contributed by atoms with Crippen LogP contribution in [0.5, 0.6) is 0 Å². The van der Waals surface area contributed by atoms with E-state index in [1.54, 1.807) is 0 Å². The molecule has 0 aliphatic heterocycles. The highest BCUT2D eigenvalue weighted by atomic mass is 15.3. The average molecular weight is 300 g/mol. The first-order chi connectivity index (χ1) is 10.5. The lowest BCUT2D eigenvalue weighted by atomic mass is 10.1. The topological polar surface area (TPSA) is 71.5 Å². The van der Waals surface area contributed by atoms with Crippen LogP contribution in [0.1, 0.15) is 18.2 Å². The van der Waals surface area contributed by atoms with E-state index in [1.165, 1.54) is 5.56 Å². The monoisotopic (exact) mass is 300 g/mol. The molecule has 6 nitrogen and oxygen atoms in total. The van der Waals surface area contributed by atoms with Crippen LogP contribution in [0.3, 0.4) is 0 Å². The van der Waals surface area contributed by atoms with E-state index >= 15 is 0 Å². The number of nitrogens with two attached hydrogens (primary N) is 1. The van der Waals surface area contributed by atoms with Crippen molar-refractivity contribution in [2.45, 2.75) is 19.9 Å². The van der Waals surface area contributed by atoms with Crippen LogP contribution < -0.4 is 16.0 Å². The Balaban J connectivity index is 2.00. The molecule has 0 aliphatic rings. The van der Waals surface area contributed by atoms with Crippen molar-refractivity contribution < 1.29 is 0 Å². The molecular formula is C16H24N6. The zero-order valence-electron chi connectivity index (χ0n) is 13.7. The number of anilines is 2. The third kappa shape index (κ3) is 3.78. The summed E-state index contributed by atoms with van der Waals surface area (Å²) in [7, 11) is 5.90. The van der Waals surface area contributed by atoms with Crippen molar-refractivity contribution >= 4 is 17.6 Å². The summed E-state index contributed by atoms with van der Waals surface area (Å²) < 4.78 is 2.01. The highest BCUT2D eigenvalue weighted by Crippen LogP contribution is 2.12. The Morgan fingerprint density at radius 1 is 1.32 bits per heavy atom. The van der Waals surface area contributed by atoms with Gasteiger partial charge >= 0.3 is 0 Å². The molecular weight excluding hydrogens is 276 g/mol. The molecule has 1 heterocycles. The number of hydrogen-bond donors (Lipinski definition) is 2. The Hall–Kier alpha value is -2.50. The third-order valence-corrected chi connectivity index (χ3v) is 3.51. The van der Waals surface area contributed by atoms with Crippen molar-refractivity contribution in [3.05, 3.63) is 41.7 Å². The molecule has 1 aromatic heterocycles. The second kappa shape index (κ2) is 6.98. The maximum absolute atomic E-state index is 5.94. The van der Waals surface area contributed by atoms with Gasteiger partial charge in [0.05, 0.1) is 18.4 Å². The Bertz CT molecular complexity index is 639. The van der Waals surface area contributed by atoms with Gasteiger partial charge in [-0.15, -0.1) is 0 Å². The van der Waals surface area contributed by atoms with Crippen molar-refractivity contribution in [2.75, 3.05) is 24.3 Å². The van der Waals surface area contributed by atoms with Crippen LogP contribution in [-0.4, -0.2) is 29.6 Å². The molecule has 0 atom stereocenters. The van der Waals surface area contributed by atoms with E-state index in [-0.39, 0.29) is 0 Å². The van der Waals surface area contributed by atoms with Crippen LogP contribution in [0.15, 0.2) is 35.5 Å². The summed E-state index contributed by atoms with van der Waals surface area (Å²) in [5.74, 6) is 1.30. The van der Waals surface area contributed by atoms with E-state index in [1.807, 2.05) is 48.9 Å². The molecule has 6 heteroatoms. The van der Waals surface area contributed by atoms with E-state index in [0.29, 0.717) is 12.5 Å². The minimum atomic E-state index is 0.400. The third-order valence-electron chi connectivity index (χ3n) is 3.51. The summed E-state index contributed by atoms with van der Waals surface area (Å²) >= 11 is 0. The normalized spacial score (nSPS) is 11.5. The fourth-order valence-electron chi connectivity index (χ4n) is 2.17. The number of benzene rings is 1. The molecule has 1 aromatic carbocycles. The zero-order valence-corrected chi connectivity index (χ0v) is 13.7. The molecule has 22 heavy (non-hydrogen) atoms. The van der Waals surface area contributed by atoms with E-state index in [4.69, 9.17) is 5.73 Å². The van der Waals surface area contributed by atoms with Gasteiger partial charge < -0.3 is 20.5 Å². The Labute approximate surface area is 131 Å². The largest absolute Gasteiger partial charge is 0.370 e. The predicted molar refractivity (Wildman–Crippen MR) is 92.3 cm³/mol. The first-order valence-corrected chi connectivity index (χ1v) is 7.35. The number of hydrogen-bond acceptors (Lipinski definition) is 3. The number of aromatic nitrogens is 2. The number of guanidine groups is 1. The zero-order chi connectivity index (χ0) is 16.1. The van der Waals surface area contributed by atoms with Crippen molar-refractivity contribution in [2.24, 2.45) is 17.8 Å². The highest BCUT2D eigenvalue weighted by molar-refractivity contribution is 5.92. The molecule has 0 aliphatic carbocycles. The molecule has 118 valence electrons. The lowest BCUT2D eigenvalue weighted by molar-refractivity contribution is 0.801. The van der Waals surface area contributed by atoms with Crippen molar-refractivity contribution in [3.63, 3.8) is 0 Å². The average Bonchev–Trinajstić information content (AvgIpc) is 2.87. The molecule has 3 N–H and O–H groups in total. The fourth-order valence-corrected chi connectivity index (χ4v) is 2.17. The summed E-state index contributed by atoms with van der Waals surface area (Å²) in [6.45, 7) is 2.62. The molecule has 0 saturated heterocycles. The van der Waals surface area contributed by atoms with Gasteiger partial charge in [-0.1, -0.05) is 19.1 Å². The molecule has 2 aromatic rings. The number of nitrogens with zero attached hydrogens (tertiary/aromatic N) is 4. The number of imidazole rings is 1. The van der Waals surface area contributed by atoms with Crippen LogP contribution in [0.4, 0.5) is 11.6 Å². The molecule has 0 amide bonds. The van der Waals surface area contributed by atoms with Crippen LogP contribution in [0.25, 0.3) is 0 Å². The minimum absolute atomic E-state index is 0.400. The summed E-state index contributed by atoms with van der Waals surface area (Å²) in [6.07, 6.45) is 2.85. The quantitative estimate of drug-likeness (QED) is 0.654. The SMILES string of the molecule is CCc1ccc(NC(N)=NCc2cnc(N(C)C)n2C)cc1. The lowest BCUT2D eigenvalue weighted by Gasteiger charge is -2.12. The first-order valence-electron chi connectivity index (χ1n) is 7.35. The van der Waals surface area contributed by atoms with Gasteiger partial charge in [-0.05, 0) is 24.1 Å². The Kier molecular flexibility index (Phi) is 5.04. The fraction of sp³-hybridized carbons (Fsp3) is 0.375. The summed E-state index contributed by atoms with van der Waals surface area (Å²) in [5, 5.41) is 3.10. The van der Waals surface area contributed by atoms with Crippen molar-refractivity contribution in [1.29, 1.82) is 0 Å². The molecule has 0 spiro atoms. The molecule has 2 rings (SSSR count). The van der Waals surface area contributed by atoms with E-state index in [9.17, 15) is 0 Å². The maximum atomic E-state index is 5.94. The van der Waals surface area contributed by atoms with E-state index in [0.717, 1.165) is 23.8 Å². The van der Waals surface area contributed by atoms with E-state index < -0.39 is 0 Å². The summed E-state index contributed by atoms with van der Waals surface area (Å²) in [4.78, 5) is 10.7. The minimum Gasteiger partial charge on any atom is -0.370 e. The van der Waals surface area contributed by atoms with Crippen molar-refractivity contribution in [3.8, 4) is 0 Å². The van der Waals surface area contributed by atoms with Gasteiger partial charge in [0.25, 0.3) is 0 Å². The van der Waals surface area contributed by atoms with Gasteiger partial charge in [0.2, 0.25) is 5.95 Å². The maximum Gasteiger partial charge on any atom is 0.204 e. The van der Waals surface area contributed by atoms with Crippen LogP contribution in [0.2, 0.25) is 0 Å². The summed E-state index contributed by atoms with van der Waals surface area (Å²) in [6, 6.07) is 8.19. The van der Waals surface area contributed by atoms with Gasteiger partial charge in [-0.25, -0.2) is 9.98 Å². The summed E-state index contributed by atoms with van der Waals surface area (Å²) in [5.41, 5.74) is 9.19. The van der Waals surface area contributed by atoms with Crippen LogP contribution in [-0.2, 0) is 20.0 Å². The number of aryl methyl sites for hydroxylation is 1. The van der Waals surface area contributed by atoms with Gasteiger partial charge in [-0.3, -0.25) is 0 Å². The van der Waals surface area contributed by atoms with Gasteiger partial charge in [-0.2, -0.15) is 0 Å². The van der Waals surface area contributed by atoms with Crippen molar-refractivity contribution in [1.82, 2.24) is 9.55 Å². The second-order valence-electron chi connectivity index (χ2n) is 5.38. The highest BCUT2D eigenvalue weighted by Gasteiger charge is 2.07. The standard InChI is InChI=1S/C16H24N6/c1-5-12-6-8-13(9-7-12)20-15(17)18-10-14-11-19-16(21(2)3)22(14)4/h6-9,11H,5,10H2,1-4H3,(H3,17,18,20). The Morgan fingerprint density at radius 2 is 2.00 bits per heavy atom. The van der Waals surface area contributed by atoms with E-state index in [2.05, 4.69) is 34.3 Å². The molecule has 0 radical (unpaired) electrons. The van der Waals surface area contributed by atoms with Gasteiger partial charge in [0, 0.05) is 26.8 Å². The molecule has 0 bridgehead atoms. The predicted octanol–water partition coefficient (Wildman–Crippen LogP) is 1.98. The first kappa shape index (κ1) is 15.9. The van der Waals surface area contributed by atoms with Crippen LogP contribution >= 0.6 is 0 Å². The van der Waals surface area contributed by atoms with Gasteiger partial charge in [0.1, 0.15) is 0 Å². The van der Waals surface area contributed by atoms with Crippen LogP contribution in [0, 0.1) is 0 Å². The number of nitrogens with one attached hydrogen (secondary N) is 1. The van der Waals surface area contributed by atoms with Gasteiger partial charge in [0.15, 0.2) is 5.96 Å². The Morgan fingerprint density at radius 3 is 2.55 bits per heavy atom. The molecule has 0 saturated carbocycles. The second-order valence-corrected chi connectivity index (χ2v) is 5.38.